The third-order valence-corrected chi connectivity index (χ3v) is 4.70. The fraction of sp³-hybridized carbons (Fsp3) is 0.286. The van der Waals surface area contributed by atoms with E-state index in [-0.39, 0.29) is 35.0 Å². The molecule has 1 heterocycles. The Morgan fingerprint density at radius 2 is 1.81 bits per heavy atom. The van der Waals surface area contributed by atoms with Crippen LogP contribution in [-0.4, -0.2) is 46.7 Å². The van der Waals surface area contributed by atoms with Gasteiger partial charge in [-0.3, -0.25) is 14.4 Å². The van der Waals surface area contributed by atoms with Crippen LogP contribution in [0.2, 0.25) is 0 Å². The summed E-state index contributed by atoms with van der Waals surface area (Å²) in [5, 5.41) is 12.7. The second-order valence-corrected chi connectivity index (χ2v) is 6.81. The Morgan fingerprint density at radius 1 is 1.07 bits per heavy atom. The van der Waals surface area contributed by atoms with Gasteiger partial charge in [0.15, 0.2) is 5.78 Å². The number of hydrogen-bond acceptors (Lipinski definition) is 4. The first-order valence-corrected chi connectivity index (χ1v) is 8.86. The van der Waals surface area contributed by atoms with E-state index in [9.17, 15) is 19.5 Å². The van der Waals surface area contributed by atoms with E-state index in [2.05, 4.69) is 5.32 Å². The number of nitrogens with one attached hydrogen (secondary N) is 1. The van der Waals surface area contributed by atoms with Gasteiger partial charge in [0.25, 0.3) is 5.91 Å². The number of ketones is 1. The van der Waals surface area contributed by atoms with E-state index in [4.69, 9.17) is 0 Å². The van der Waals surface area contributed by atoms with E-state index in [0.29, 0.717) is 18.7 Å². The van der Waals surface area contributed by atoms with Gasteiger partial charge in [-0.15, -0.1) is 0 Å². The quantitative estimate of drug-likeness (QED) is 0.815. The molecular weight excluding hydrogens is 344 g/mol. The number of nitrogens with zero attached hydrogens (tertiary/aromatic N) is 1. The maximum absolute atomic E-state index is 12.8. The number of carbonyl (C=O) groups is 3. The third kappa shape index (κ3) is 4.16. The predicted molar refractivity (Wildman–Crippen MR) is 102 cm³/mol. The summed E-state index contributed by atoms with van der Waals surface area (Å²) in [5.74, 6) is -0.456. The molecule has 1 aliphatic heterocycles. The lowest BCUT2D eigenvalue weighted by atomic mass is 9.99. The summed E-state index contributed by atoms with van der Waals surface area (Å²) in [5.41, 5.74) is 2.35. The largest absolute Gasteiger partial charge is 0.507 e. The molecule has 2 aromatic carbocycles. The monoisotopic (exact) mass is 366 g/mol. The highest BCUT2D eigenvalue weighted by Gasteiger charge is 2.27. The molecule has 0 radical (unpaired) electrons. The number of amides is 2. The van der Waals surface area contributed by atoms with Crippen molar-refractivity contribution in [3.8, 4) is 16.9 Å². The van der Waals surface area contributed by atoms with Gasteiger partial charge in [-0.2, -0.15) is 0 Å². The van der Waals surface area contributed by atoms with Gasteiger partial charge in [-0.05, 0) is 48.7 Å². The Kier molecular flexibility index (Phi) is 5.26. The van der Waals surface area contributed by atoms with Crippen molar-refractivity contribution >= 4 is 17.6 Å². The lowest BCUT2D eigenvalue weighted by Gasteiger charge is -2.17. The highest BCUT2D eigenvalue weighted by Crippen LogP contribution is 2.27. The summed E-state index contributed by atoms with van der Waals surface area (Å²) >= 11 is 0. The predicted octanol–water partition coefficient (Wildman–Crippen LogP) is 2.61. The van der Waals surface area contributed by atoms with E-state index in [0.717, 1.165) is 17.5 Å². The molecule has 6 nitrogen and oxygen atoms in total. The first kappa shape index (κ1) is 18.6. The van der Waals surface area contributed by atoms with Gasteiger partial charge in [-0.1, -0.05) is 18.2 Å². The van der Waals surface area contributed by atoms with Crippen molar-refractivity contribution in [1.29, 1.82) is 0 Å². The average Bonchev–Trinajstić information content (AvgIpc) is 3.09. The molecule has 0 aliphatic carbocycles. The number of rotatable bonds is 4. The zero-order valence-corrected chi connectivity index (χ0v) is 15.4. The van der Waals surface area contributed by atoms with Crippen molar-refractivity contribution in [2.24, 2.45) is 0 Å². The van der Waals surface area contributed by atoms with Gasteiger partial charge in [0.1, 0.15) is 5.75 Å². The first-order valence-electron chi connectivity index (χ1n) is 8.86. The lowest BCUT2D eigenvalue weighted by Crippen LogP contribution is -2.37. The van der Waals surface area contributed by atoms with Crippen LogP contribution in [0.4, 0.5) is 0 Å². The summed E-state index contributed by atoms with van der Waals surface area (Å²) in [6, 6.07) is 12.0. The van der Waals surface area contributed by atoms with Gasteiger partial charge in [0.05, 0.1) is 5.56 Å². The Bertz CT molecular complexity index is 907. The molecular formula is C21H22N2O4. The van der Waals surface area contributed by atoms with Crippen LogP contribution in [0.5, 0.6) is 5.75 Å². The minimum absolute atomic E-state index is 0.00939. The van der Waals surface area contributed by atoms with Crippen molar-refractivity contribution < 1.29 is 19.5 Å². The van der Waals surface area contributed by atoms with E-state index < -0.39 is 0 Å². The van der Waals surface area contributed by atoms with Crippen molar-refractivity contribution in [2.75, 3.05) is 13.1 Å². The number of hydrogen-bond donors (Lipinski definition) is 2. The number of phenolic OH excluding ortho intramolecular Hbond substituents is 1. The van der Waals surface area contributed by atoms with E-state index >= 15 is 0 Å². The van der Waals surface area contributed by atoms with Crippen LogP contribution in [0.3, 0.4) is 0 Å². The topological polar surface area (TPSA) is 86.7 Å². The molecule has 0 spiro atoms. The zero-order chi connectivity index (χ0) is 19.6. The molecule has 2 aromatic rings. The summed E-state index contributed by atoms with van der Waals surface area (Å²) in [6.07, 6.45) is 0.741. The minimum Gasteiger partial charge on any atom is -0.507 e. The second kappa shape index (κ2) is 7.61. The summed E-state index contributed by atoms with van der Waals surface area (Å²) in [4.78, 5) is 37.4. The minimum atomic E-state index is -0.220. The van der Waals surface area contributed by atoms with Crippen LogP contribution in [0.1, 0.15) is 41.0 Å². The molecule has 1 saturated heterocycles. The number of aromatic hydroxyl groups is 1. The molecule has 140 valence electrons. The Hall–Kier alpha value is -3.15. The molecule has 6 heteroatoms. The normalized spacial score (nSPS) is 16.2. The highest BCUT2D eigenvalue weighted by molar-refractivity contribution is 5.99. The maximum atomic E-state index is 12.8. The van der Waals surface area contributed by atoms with Crippen LogP contribution in [0.25, 0.3) is 11.1 Å². The van der Waals surface area contributed by atoms with E-state index in [1.807, 2.05) is 6.07 Å². The van der Waals surface area contributed by atoms with Gasteiger partial charge in [0, 0.05) is 31.6 Å². The van der Waals surface area contributed by atoms with Crippen LogP contribution in [0, 0.1) is 0 Å². The number of likely N-dealkylation sites (tertiary alicyclic amines) is 1. The highest BCUT2D eigenvalue weighted by atomic mass is 16.3. The number of carbonyl (C=O) groups excluding carboxylic acids is 3. The molecule has 1 fully saturated rings. The molecule has 0 saturated carbocycles. The Labute approximate surface area is 157 Å². The van der Waals surface area contributed by atoms with Crippen molar-refractivity contribution in [3.63, 3.8) is 0 Å². The molecule has 2 N–H and O–H groups in total. The van der Waals surface area contributed by atoms with Gasteiger partial charge < -0.3 is 15.3 Å². The zero-order valence-electron chi connectivity index (χ0n) is 15.4. The summed E-state index contributed by atoms with van der Waals surface area (Å²) < 4.78 is 0. The standard InChI is InChI=1S/C21H22N2O4/c1-13(24)19-11-16(6-7-20(19)26)15-4-3-5-17(10-15)21(27)23-9-8-18(12-23)22-14(2)25/h3-7,10-11,18,26H,8-9,12H2,1-2H3,(H,22,25)/t18-/m1/s1. The average molecular weight is 366 g/mol. The first-order chi connectivity index (χ1) is 12.8. The molecule has 2 amide bonds. The van der Waals surface area contributed by atoms with Gasteiger partial charge >= 0.3 is 0 Å². The summed E-state index contributed by atoms with van der Waals surface area (Å²) in [6.45, 7) is 3.97. The number of phenols is 1. The Balaban J connectivity index is 1.82. The van der Waals surface area contributed by atoms with Gasteiger partial charge in [-0.25, -0.2) is 0 Å². The molecule has 1 aliphatic rings. The van der Waals surface area contributed by atoms with Crippen LogP contribution in [-0.2, 0) is 4.79 Å². The molecule has 1 atom stereocenters. The lowest BCUT2D eigenvalue weighted by molar-refractivity contribution is -0.119. The fourth-order valence-electron chi connectivity index (χ4n) is 3.36. The van der Waals surface area contributed by atoms with Crippen LogP contribution >= 0.6 is 0 Å². The van der Waals surface area contributed by atoms with Crippen molar-refractivity contribution in [1.82, 2.24) is 10.2 Å². The van der Waals surface area contributed by atoms with Crippen LogP contribution in [0.15, 0.2) is 42.5 Å². The van der Waals surface area contributed by atoms with Crippen LogP contribution < -0.4 is 5.32 Å². The second-order valence-electron chi connectivity index (χ2n) is 6.81. The summed E-state index contributed by atoms with van der Waals surface area (Å²) in [7, 11) is 0. The smallest absolute Gasteiger partial charge is 0.253 e. The molecule has 0 aromatic heterocycles. The number of benzene rings is 2. The van der Waals surface area contributed by atoms with Crippen molar-refractivity contribution in [3.05, 3.63) is 53.6 Å². The van der Waals surface area contributed by atoms with Gasteiger partial charge in [0.2, 0.25) is 5.91 Å². The maximum Gasteiger partial charge on any atom is 0.253 e. The SMILES string of the molecule is CC(=O)N[C@@H]1CCN(C(=O)c2cccc(-c3ccc(O)c(C(C)=O)c3)c2)C1. The molecule has 27 heavy (non-hydrogen) atoms. The third-order valence-electron chi connectivity index (χ3n) is 4.70. The van der Waals surface area contributed by atoms with E-state index in [1.54, 1.807) is 35.2 Å². The van der Waals surface area contributed by atoms with E-state index in [1.165, 1.54) is 19.9 Å². The van der Waals surface area contributed by atoms with Crippen molar-refractivity contribution in [2.45, 2.75) is 26.3 Å². The molecule has 3 rings (SSSR count). The fourth-order valence-corrected chi connectivity index (χ4v) is 3.36. The Morgan fingerprint density at radius 3 is 2.52 bits per heavy atom. The molecule has 0 bridgehead atoms. The molecule has 0 unspecified atom stereocenters. The number of Topliss-reactive ketones (excluding diaryl/α,β-unsaturated/α-hetero) is 1.